The molecule has 0 heterocycles. The Balaban J connectivity index is 2.64. The van der Waals surface area contributed by atoms with Crippen LogP contribution in [0.4, 0.5) is 0 Å². The zero-order chi connectivity index (χ0) is 13.3. The highest BCUT2D eigenvalue weighted by atomic mass is 28.2. The van der Waals surface area contributed by atoms with Gasteiger partial charge in [-0.3, -0.25) is 0 Å². The lowest BCUT2D eigenvalue weighted by atomic mass is 10.1. The van der Waals surface area contributed by atoms with E-state index in [2.05, 4.69) is 66.7 Å². The first kappa shape index (κ1) is 15.0. The first-order valence-electron chi connectivity index (χ1n) is 6.49. The molecule has 4 radical (unpaired) electrons. The Hall–Kier alpha value is -0.0862. The van der Waals surface area contributed by atoms with E-state index >= 15 is 0 Å². The first-order valence-corrected chi connectivity index (χ1v) is 8.64. The summed E-state index contributed by atoms with van der Waals surface area (Å²) in [5.41, 5.74) is 2.95. The molecule has 0 saturated carbocycles. The number of hydrogen-bond donors (Lipinski definition) is 0. The second-order valence-corrected chi connectivity index (χ2v) is 12.0. The number of hydrogen-bond acceptors (Lipinski definition) is 0. The van der Waals surface area contributed by atoms with Crippen LogP contribution in [0, 0.1) is 0 Å². The molecule has 0 fully saturated rings. The minimum absolute atomic E-state index is 0.448. The summed E-state index contributed by atoms with van der Waals surface area (Å²) in [6, 6.07) is 0. The Morgan fingerprint density at radius 3 is 1.82 bits per heavy atom. The molecule has 0 spiro atoms. The Labute approximate surface area is 113 Å². The fraction of sp³-hybridized carbons (Fsp3) is 0.733. The molecule has 0 N–H and O–H groups in total. The van der Waals surface area contributed by atoms with Crippen molar-refractivity contribution >= 4 is 19.0 Å². The van der Waals surface area contributed by atoms with Crippen molar-refractivity contribution in [1.82, 2.24) is 0 Å². The van der Waals surface area contributed by atoms with Crippen molar-refractivity contribution in [1.29, 1.82) is 0 Å². The van der Waals surface area contributed by atoms with Crippen molar-refractivity contribution in [3.05, 3.63) is 23.8 Å². The van der Waals surface area contributed by atoms with Gasteiger partial charge in [-0.2, -0.15) is 0 Å². The van der Waals surface area contributed by atoms with Gasteiger partial charge in [-0.15, -0.1) is 0 Å². The van der Waals surface area contributed by atoms with Gasteiger partial charge in [0.15, 0.2) is 0 Å². The standard InChI is InChI=1S/C15H26Si2/c1-11-10-12(16-14(2,3)4)8-9-13(11)17-15(5,6)7/h8-10,12-13H,1-7H3. The van der Waals surface area contributed by atoms with E-state index in [1.807, 2.05) is 0 Å². The van der Waals surface area contributed by atoms with E-state index in [0.717, 1.165) is 19.0 Å². The number of rotatable bonds is 2. The monoisotopic (exact) mass is 262 g/mol. The van der Waals surface area contributed by atoms with E-state index in [1.54, 1.807) is 5.57 Å². The van der Waals surface area contributed by atoms with Crippen LogP contribution in [0.2, 0.25) is 21.2 Å². The largest absolute Gasteiger partial charge is 0.0846 e. The maximum absolute atomic E-state index is 2.51. The third-order valence-electron chi connectivity index (χ3n) is 2.63. The summed E-state index contributed by atoms with van der Waals surface area (Å²) in [7, 11) is 1.99. The topological polar surface area (TPSA) is 0 Å². The average Bonchev–Trinajstić information content (AvgIpc) is 2.05. The molecule has 0 aliphatic heterocycles. The Kier molecular flexibility index (Phi) is 4.64. The summed E-state index contributed by atoms with van der Waals surface area (Å²) in [6.07, 6.45) is 7.41. The van der Waals surface area contributed by atoms with E-state index in [0.29, 0.717) is 21.2 Å². The molecule has 0 aromatic rings. The smallest absolute Gasteiger partial charge is 0.0587 e. The van der Waals surface area contributed by atoms with Gasteiger partial charge in [0.25, 0.3) is 0 Å². The lowest BCUT2D eigenvalue weighted by Crippen LogP contribution is -2.19. The van der Waals surface area contributed by atoms with E-state index in [1.165, 1.54) is 0 Å². The minimum Gasteiger partial charge on any atom is -0.0846 e. The van der Waals surface area contributed by atoms with Gasteiger partial charge in [-0.1, -0.05) is 65.3 Å². The van der Waals surface area contributed by atoms with Gasteiger partial charge in [-0.25, -0.2) is 0 Å². The van der Waals surface area contributed by atoms with Crippen LogP contribution in [0.15, 0.2) is 23.8 Å². The van der Waals surface area contributed by atoms with Crippen LogP contribution in [0.5, 0.6) is 0 Å². The first-order chi connectivity index (χ1) is 7.57. The van der Waals surface area contributed by atoms with Crippen LogP contribution in [-0.2, 0) is 0 Å². The van der Waals surface area contributed by atoms with Crippen molar-refractivity contribution in [2.24, 2.45) is 0 Å². The molecular formula is C15H26Si2. The Bertz CT molecular complexity index is 313. The highest BCUT2D eigenvalue weighted by molar-refractivity contribution is 6.45. The van der Waals surface area contributed by atoms with Gasteiger partial charge in [0.05, 0.1) is 19.0 Å². The van der Waals surface area contributed by atoms with E-state index < -0.39 is 0 Å². The molecule has 2 heteroatoms. The Morgan fingerprint density at radius 1 is 0.882 bits per heavy atom. The van der Waals surface area contributed by atoms with Crippen LogP contribution in [0.25, 0.3) is 0 Å². The lowest BCUT2D eigenvalue weighted by Gasteiger charge is -2.29. The van der Waals surface area contributed by atoms with Crippen molar-refractivity contribution in [3.63, 3.8) is 0 Å². The maximum Gasteiger partial charge on any atom is 0.0587 e. The lowest BCUT2D eigenvalue weighted by molar-refractivity contribution is 0.739. The second kappa shape index (κ2) is 5.27. The maximum atomic E-state index is 2.51. The third-order valence-corrected chi connectivity index (χ3v) is 6.02. The van der Waals surface area contributed by atoms with Crippen molar-refractivity contribution in [2.45, 2.75) is 69.6 Å². The fourth-order valence-electron chi connectivity index (χ4n) is 2.04. The highest BCUT2D eigenvalue weighted by Crippen LogP contribution is 2.37. The van der Waals surface area contributed by atoms with Crippen LogP contribution >= 0.6 is 0 Å². The summed E-state index contributed by atoms with van der Waals surface area (Å²) in [6.45, 7) is 16.4. The summed E-state index contributed by atoms with van der Waals surface area (Å²) >= 11 is 0. The molecule has 2 atom stereocenters. The molecule has 0 aromatic heterocycles. The van der Waals surface area contributed by atoms with Crippen LogP contribution < -0.4 is 0 Å². The van der Waals surface area contributed by atoms with E-state index in [-0.39, 0.29) is 0 Å². The summed E-state index contributed by atoms with van der Waals surface area (Å²) < 4.78 is 0. The molecule has 1 aliphatic carbocycles. The molecule has 0 amide bonds. The van der Waals surface area contributed by atoms with Gasteiger partial charge >= 0.3 is 0 Å². The van der Waals surface area contributed by atoms with Gasteiger partial charge in [0.1, 0.15) is 0 Å². The van der Waals surface area contributed by atoms with Crippen LogP contribution in [0.3, 0.4) is 0 Å². The predicted molar refractivity (Wildman–Crippen MR) is 81.3 cm³/mol. The van der Waals surface area contributed by atoms with Crippen LogP contribution in [0.1, 0.15) is 48.5 Å². The fourth-order valence-corrected chi connectivity index (χ4v) is 5.06. The zero-order valence-electron chi connectivity index (χ0n) is 12.4. The molecule has 94 valence electrons. The SMILES string of the molecule is CC1=CC([Si]C(C)(C)C)C=CC1[Si]C(C)(C)C. The molecule has 0 saturated heterocycles. The van der Waals surface area contributed by atoms with Gasteiger partial charge in [0, 0.05) is 0 Å². The van der Waals surface area contributed by atoms with Gasteiger partial charge < -0.3 is 0 Å². The van der Waals surface area contributed by atoms with Crippen molar-refractivity contribution in [3.8, 4) is 0 Å². The molecule has 2 unspecified atom stereocenters. The molecule has 17 heavy (non-hydrogen) atoms. The molecule has 0 nitrogen and oxygen atoms in total. The van der Waals surface area contributed by atoms with E-state index in [9.17, 15) is 0 Å². The third kappa shape index (κ3) is 5.87. The normalized spacial score (nSPS) is 25.9. The summed E-state index contributed by atoms with van der Waals surface area (Å²) in [4.78, 5) is 0. The zero-order valence-corrected chi connectivity index (χ0v) is 14.4. The minimum atomic E-state index is 0.448. The van der Waals surface area contributed by atoms with Crippen molar-refractivity contribution in [2.75, 3.05) is 0 Å². The molecule has 1 rings (SSSR count). The molecular weight excluding hydrogens is 236 g/mol. The molecule has 1 aliphatic rings. The van der Waals surface area contributed by atoms with Gasteiger partial charge in [-0.05, 0) is 28.1 Å². The quantitative estimate of drug-likeness (QED) is 0.489. The van der Waals surface area contributed by atoms with E-state index in [4.69, 9.17) is 0 Å². The highest BCUT2D eigenvalue weighted by Gasteiger charge is 2.24. The average molecular weight is 263 g/mol. The van der Waals surface area contributed by atoms with Crippen molar-refractivity contribution < 1.29 is 0 Å². The molecule has 0 aromatic carbocycles. The van der Waals surface area contributed by atoms with Crippen LogP contribution in [-0.4, -0.2) is 19.0 Å². The summed E-state index contributed by atoms with van der Waals surface area (Å²) in [5, 5.41) is 0.897. The Morgan fingerprint density at radius 2 is 1.41 bits per heavy atom. The van der Waals surface area contributed by atoms with Gasteiger partial charge in [0.2, 0.25) is 0 Å². The predicted octanol–water partition coefficient (Wildman–Crippen LogP) is 4.92. The summed E-state index contributed by atoms with van der Waals surface area (Å²) in [5.74, 6) is 0. The molecule has 0 bridgehead atoms. The number of allylic oxidation sites excluding steroid dienone is 4. The second-order valence-electron chi connectivity index (χ2n) is 7.09.